The van der Waals surface area contributed by atoms with Crippen LogP contribution >= 0.6 is 11.6 Å². The minimum atomic E-state index is -1.15. The maximum atomic E-state index is 11.9. The van der Waals surface area contributed by atoms with Crippen molar-refractivity contribution in [3.63, 3.8) is 0 Å². The molecule has 1 saturated heterocycles. The van der Waals surface area contributed by atoms with Crippen LogP contribution in [0.15, 0.2) is 18.2 Å². The number of rotatable bonds is 4. The molecule has 0 radical (unpaired) electrons. The zero-order chi connectivity index (χ0) is 14.5. The Morgan fingerprint density at radius 3 is 2.70 bits per heavy atom. The number of hydrogen-bond donors (Lipinski definition) is 1. The molecule has 1 aromatic rings. The van der Waals surface area contributed by atoms with E-state index in [1.165, 1.54) is 18.2 Å². The van der Waals surface area contributed by atoms with Crippen molar-refractivity contribution < 1.29 is 24.2 Å². The van der Waals surface area contributed by atoms with Crippen molar-refractivity contribution in [3.8, 4) is 5.75 Å². The molecule has 1 heterocycles. The first-order chi connectivity index (χ1) is 9.58. The molecule has 0 spiro atoms. The van der Waals surface area contributed by atoms with Crippen LogP contribution in [0.25, 0.3) is 0 Å². The van der Waals surface area contributed by atoms with Crippen molar-refractivity contribution in [2.75, 3.05) is 32.9 Å². The van der Waals surface area contributed by atoms with Crippen molar-refractivity contribution in [2.45, 2.75) is 0 Å². The van der Waals surface area contributed by atoms with Gasteiger partial charge >= 0.3 is 5.97 Å². The Balaban J connectivity index is 1.99. The Labute approximate surface area is 120 Å². The van der Waals surface area contributed by atoms with E-state index in [0.29, 0.717) is 31.3 Å². The van der Waals surface area contributed by atoms with Crippen LogP contribution in [-0.2, 0) is 9.53 Å². The number of amides is 1. The molecule has 1 aliphatic heterocycles. The van der Waals surface area contributed by atoms with Gasteiger partial charge in [-0.3, -0.25) is 4.79 Å². The van der Waals surface area contributed by atoms with Crippen LogP contribution < -0.4 is 4.74 Å². The number of benzene rings is 1. The Bertz CT molecular complexity index is 513. The van der Waals surface area contributed by atoms with E-state index < -0.39 is 5.97 Å². The first-order valence-corrected chi connectivity index (χ1v) is 6.47. The molecule has 0 bridgehead atoms. The standard InChI is InChI=1S/C13H14ClNO5/c14-9-1-2-11(10(7-9)13(17)18)20-8-12(16)15-3-5-19-6-4-15/h1-2,7H,3-6,8H2,(H,17,18). The summed E-state index contributed by atoms with van der Waals surface area (Å²) in [6, 6.07) is 4.25. The number of carboxylic acid groups (broad SMARTS) is 1. The molecule has 0 saturated carbocycles. The minimum absolute atomic E-state index is 0.0627. The summed E-state index contributed by atoms with van der Waals surface area (Å²) >= 11 is 5.74. The molecule has 0 aromatic heterocycles. The van der Waals surface area contributed by atoms with Gasteiger partial charge in [-0.15, -0.1) is 0 Å². The van der Waals surface area contributed by atoms with Crippen LogP contribution in [0.5, 0.6) is 5.75 Å². The molecule has 1 aliphatic rings. The second-order valence-corrected chi connectivity index (χ2v) is 4.66. The zero-order valence-electron chi connectivity index (χ0n) is 10.7. The highest BCUT2D eigenvalue weighted by atomic mass is 35.5. The Morgan fingerprint density at radius 2 is 2.05 bits per heavy atom. The number of halogens is 1. The van der Waals surface area contributed by atoms with E-state index >= 15 is 0 Å². The van der Waals surface area contributed by atoms with Gasteiger partial charge in [0.2, 0.25) is 0 Å². The van der Waals surface area contributed by atoms with Crippen LogP contribution in [0.4, 0.5) is 0 Å². The van der Waals surface area contributed by atoms with Gasteiger partial charge in [-0.25, -0.2) is 4.79 Å². The smallest absolute Gasteiger partial charge is 0.339 e. The molecule has 108 valence electrons. The van der Waals surface area contributed by atoms with E-state index in [1.54, 1.807) is 4.90 Å². The number of carboxylic acids is 1. The van der Waals surface area contributed by atoms with Gasteiger partial charge < -0.3 is 19.5 Å². The van der Waals surface area contributed by atoms with Gasteiger partial charge in [0.25, 0.3) is 5.91 Å². The first-order valence-electron chi connectivity index (χ1n) is 6.09. The average molecular weight is 300 g/mol. The lowest BCUT2D eigenvalue weighted by Gasteiger charge is -2.26. The average Bonchev–Trinajstić information content (AvgIpc) is 2.46. The maximum Gasteiger partial charge on any atom is 0.339 e. The van der Waals surface area contributed by atoms with Crippen LogP contribution in [-0.4, -0.2) is 54.8 Å². The molecule has 0 atom stereocenters. The van der Waals surface area contributed by atoms with Crippen LogP contribution in [0.2, 0.25) is 5.02 Å². The van der Waals surface area contributed by atoms with E-state index in [4.69, 9.17) is 26.2 Å². The number of ether oxygens (including phenoxy) is 2. The molecule has 2 rings (SSSR count). The summed E-state index contributed by atoms with van der Waals surface area (Å²) in [5.74, 6) is -1.22. The molecule has 1 aromatic carbocycles. The molecule has 0 aliphatic carbocycles. The molecule has 1 N–H and O–H groups in total. The number of carbonyl (C=O) groups excluding carboxylic acids is 1. The van der Waals surface area contributed by atoms with Crippen molar-refractivity contribution in [3.05, 3.63) is 28.8 Å². The molecular weight excluding hydrogens is 286 g/mol. The Hall–Kier alpha value is -1.79. The summed E-state index contributed by atoms with van der Waals surface area (Å²) in [5, 5.41) is 9.35. The Kier molecular flexibility index (Phi) is 4.81. The van der Waals surface area contributed by atoms with Gasteiger partial charge in [-0.1, -0.05) is 11.6 Å². The fourth-order valence-electron chi connectivity index (χ4n) is 1.84. The van der Waals surface area contributed by atoms with Crippen molar-refractivity contribution in [2.24, 2.45) is 0 Å². The monoisotopic (exact) mass is 299 g/mol. The van der Waals surface area contributed by atoms with E-state index in [1.807, 2.05) is 0 Å². The molecule has 1 fully saturated rings. The van der Waals surface area contributed by atoms with Crippen molar-refractivity contribution >= 4 is 23.5 Å². The number of nitrogens with zero attached hydrogens (tertiary/aromatic N) is 1. The predicted octanol–water partition coefficient (Wildman–Crippen LogP) is 1.28. The third-order valence-electron chi connectivity index (χ3n) is 2.89. The highest BCUT2D eigenvalue weighted by Gasteiger charge is 2.19. The fraction of sp³-hybridized carbons (Fsp3) is 0.385. The van der Waals surface area contributed by atoms with Gasteiger partial charge in [-0.05, 0) is 18.2 Å². The summed E-state index contributed by atoms with van der Waals surface area (Å²) in [6.07, 6.45) is 0. The van der Waals surface area contributed by atoms with Crippen molar-refractivity contribution in [1.82, 2.24) is 4.90 Å². The third kappa shape index (κ3) is 3.61. The predicted molar refractivity (Wildman–Crippen MR) is 71.3 cm³/mol. The summed E-state index contributed by atoms with van der Waals surface area (Å²) < 4.78 is 10.4. The largest absolute Gasteiger partial charge is 0.483 e. The second kappa shape index (κ2) is 6.58. The first kappa shape index (κ1) is 14.6. The second-order valence-electron chi connectivity index (χ2n) is 4.23. The highest BCUT2D eigenvalue weighted by Crippen LogP contribution is 2.23. The van der Waals surface area contributed by atoms with Gasteiger partial charge in [0.15, 0.2) is 6.61 Å². The van der Waals surface area contributed by atoms with Crippen molar-refractivity contribution in [1.29, 1.82) is 0 Å². The van der Waals surface area contributed by atoms with E-state index in [0.717, 1.165) is 0 Å². The third-order valence-corrected chi connectivity index (χ3v) is 3.12. The van der Waals surface area contributed by atoms with Gasteiger partial charge in [0, 0.05) is 18.1 Å². The molecule has 1 amide bonds. The molecular formula is C13H14ClNO5. The molecule has 0 unspecified atom stereocenters. The SMILES string of the molecule is O=C(O)c1cc(Cl)ccc1OCC(=O)N1CCOCC1. The quantitative estimate of drug-likeness (QED) is 0.906. The van der Waals surface area contributed by atoms with E-state index in [2.05, 4.69) is 0 Å². The Morgan fingerprint density at radius 1 is 1.35 bits per heavy atom. The maximum absolute atomic E-state index is 11.9. The van der Waals surface area contributed by atoms with Gasteiger partial charge in [0.1, 0.15) is 11.3 Å². The zero-order valence-corrected chi connectivity index (χ0v) is 11.4. The van der Waals surface area contributed by atoms with Crippen LogP contribution in [0.3, 0.4) is 0 Å². The van der Waals surface area contributed by atoms with Gasteiger partial charge in [-0.2, -0.15) is 0 Å². The highest BCUT2D eigenvalue weighted by molar-refractivity contribution is 6.31. The van der Waals surface area contributed by atoms with Crippen LogP contribution in [0, 0.1) is 0 Å². The van der Waals surface area contributed by atoms with E-state index in [-0.39, 0.29) is 23.8 Å². The normalized spacial score (nSPS) is 14.9. The number of aromatic carboxylic acids is 1. The number of hydrogen-bond acceptors (Lipinski definition) is 4. The van der Waals surface area contributed by atoms with E-state index in [9.17, 15) is 9.59 Å². The topological polar surface area (TPSA) is 76.1 Å². The fourth-order valence-corrected chi connectivity index (χ4v) is 2.01. The number of morpholine rings is 1. The van der Waals surface area contributed by atoms with Gasteiger partial charge in [0.05, 0.1) is 13.2 Å². The summed E-state index contributed by atoms with van der Waals surface area (Å²) in [7, 11) is 0. The molecule has 20 heavy (non-hydrogen) atoms. The summed E-state index contributed by atoms with van der Waals surface area (Å²) in [5.41, 5.74) is -0.0627. The summed E-state index contributed by atoms with van der Waals surface area (Å²) in [4.78, 5) is 24.6. The lowest BCUT2D eigenvalue weighted by Crippen LogP contribution is -2.43. The molecule has 6 nitrogen and oxygen atoms in total. The van der Waals surface area contributed by atoms with Crippen LogP contribution in [0.1, 0.15) is 10.4 Å². The lowest BCUT2D eigenvalue weighted by molar-refractivity contribution is -0.137. The lowest BCUT2D eigenvalue weighted by atomic mass is 10.2. The number of carbonyl (C=O) groups is 2. The molecule has 7 heteroatoms. The summed E-state index contributed by atoms with van der Waals surface area (Å²) in [6.45, 7) is 1.85. The minimum Gasteiger partial charge on any atom is -0.483 e.